The predicted octanol–water partition coefficient (Wildman–Crippen LogP) is 13.5. The normalized spacial score (nSPS) is 14.2. The van der Waals surface area contributed by atoms with Gasteiger partial charge in [-0.05, 0) is 12.8 Å². The van der Waals surface area contributed by atoms with Gasteiger partial charge in [-0.15, -0.1) is 0 Å². The van der Waals surface area contributed by atoms with Gasteiger partial charge in [0.1, 0.15) is 13.2 Å². The lowest BCUT2D eigenvalue weighted by Crippen LogP contribution is -2.46. The predicted molar refractivity (Wildman–Crippen MR) is 243 cm³/mol. The average molecular weight is 831 g/mol. The third-order valence-corrected chi connectivity index (χ3v) is 12.6. The monoisotopic (exact) mass is 831 g/mol. The summed E-state index contributed by atoms with van der Waals surface area (Å²) in [6.07, 6.45) is 46.7. The molecule has 0 spiro atoms. The summed E-state index contributed by atoms with van der Waals surface area (Å²) in [5, 5.41) is 13.7. The molecule has 0 aliphatic heterocycles. The van der Waals surface area contributed by atoms with Gasteiger partial charge in [0.25, 0.3) is 7.82 Å². The third kappa shape index (κ3) is 43.4. The first kappa shape index (κ1) is 56.5. The van der Waals surface area contributed by atoms with Crippen LogP contribution in [0.4, 0.5) is 0 Å². The third-order valence-electron chi connectivity index (χ3n) is 11.6. The Kier molecular flexibility index (Phi) is 40.5. The number of unbranched alkanes of at least 4 members (excludes halogenated alkanes) is 33. The molecule has 8 nitrogen and oxygen atoms in total. The molecule has 2 N–H and O–H groups in total. The lowest BCUT2D eigenvalue weighted by molar-refractivity contribution is -0.870. The van der Waals surface area contributed by atoms with Crippen LogP contribution >= 0.6 is 7.82 Å². The molecule has 0 rings (SSSR count). The van der Waals surface area contributed by atoms with Gasteiger partial charge in [-0.25, -0.2) is 0 Å². The number of carbonyl (C=O) groups is 1. The molecule has 0 aliphatic carbocycles. The molecule has 9 heteroatoms. The Hall–Kier alpha value is -0.500. The van der Waals surface area contributed by atoms with Crippen LogP contribution in [-0.2, 0) is 18.4 Å². The highest BCUT2D eigenvalue weighted by atomic mass is 31.2. The van der Waals surface area contributed by atoms with Crippen molar-refractivity contribution >= 4 is 13.7 Å². The fourth-order valence-corrected chi connectivity index (χ4v) is 8.35. The Labute approximate surface area is 355 Å². The van der Waals surface area contributed by atoms with E-state index in [1.165, 1.54) is 186 Å². The molecule has 57 heavy (non-hydrogen) atoms. The zero-order chi connectivity index (χ0) is 42.1. The minimum absolute atomic E-state index is 0.0145. The highest BCUT2D eigenvalue weighted by molar-refractivity contribution is 7.45. The van der Waals surface area contributed by atoms with Crippen LogP contribution in [0.3, 0.4) is 0 Å². The molecule has 0 aromatic carbocycles. The van der Waals surface area contributed by atoms with Crippen molar-refractivity contribution in [2.24, 2.45) is 0 Å². The van der Waals surface area contributed by atoms with Crippen molar-refractivity contribution in [1.82, 2.24) is 5.32 Å². The smallest absolute Gasteiger partial charge is 0.268 e. The summed E-state index contributed by atoms with van der Waals surface area (Å²) in [4.78, 5) is 24.8. The van der Waals surface area contributed by atoms with Crippen LogP contribution in [-0.4, -0.2) is 68.5 Å². The Morgan fingerprint density at radius 1 is 0.544 bits per heavy atom. The van der Waals surface area contributed by atoms with Crippen molar-refractivity contribution in [3.8, 4) is 0 Å². The van der Waals surface area contributed by atoms with E-state index < -0.39 is 20.0 Å². The minimum atomic E-state index is -4.54. The van der Waals surface area contributed by atoms with E-state index in [0.29, 0.717) is 23.9 Å². The van der Waals surface area contributed by atoms with E-state index in [9.17, 15) is 19.4 Å². The Balaban J connectivity index is 3.70. The molecular formula is C48H99N2O6P. The summed E-state index contributed by atoms with van der Waals surface area (Å²) >= 11 is 0. The zero-order valence-corrected chi connectivity index (χ0v) is 39.7. The molecule has 0 bridgehead atoms. The number of hydrogen-bond acceptors (Lipinski definition) is 6. The fraction of sp³-hybridized carbons (Fsp3) is 0.979. The number of rotatable bonds is 46. The lowest BCUT2D eigenvalue weighted by Gasteiger charge is -2.30. The summed E-state index contributed by atoms with van der Waals surface area (Å²) < 4.78 is 23.0. The summed E-state index contributed by atoms with van der Waals surface area (Å²) in [5.41, 5.74) is 0. The van der Waals surface area contributed by atoms with Gasteiger partial charge in [-0.1, -0.05) is 232 Å². The molecule has 342 valence electrons. The van der Waals surface area contributed by atoms with E-state index in [1.807, 2.05) is 21.1 Å². The number of quaternary nitrogens is 1. The number of phosphoric ester groups is 1. The maximum atomic E-state index is 12.5. The van der Waals surface area contributed by atoms with E-state index in [4.69, 9.17) is 9.05 Å². The SMILES string of the molecule is CCCCCCCCCCCCCCCCCCCCCCCCCCCCCCCCCCC(O)C(COP(=O)([O-])OCC[N+](C)(C)C)NC(=O)CCCCC. The van der Waals surface area contributed by atoms with Gasteiger partial charge in [0, 0.05) is 6.42 Å². The molecule has 0 saturated heterocycles. The average Bonchev–Trinajstić information content (AvgIpc) is 3.16. The van der Waals surface area contributed by atoms with Crippen LogP contribution in [0, 0.1) is 0 Å². The molecule has 0 aliphatic rings. The van der Waals surface area contributed by atoms with Crippen molar-refractivity contribution < 1.29 is 32.9 Å². The first-order valence-corrected chi connectivity index (χ1v) is 26.3. The van der Waals surface area contributed by atoms with Crippen LogP contribution in [0.1, 0.15) is 251 Å². The lowest BCUT2D eigenvalue weighted by atomic mass is 10.0. The maximum absolute atomic E-state index is 12.5. The second-order valence-corrected chi connectivity index (χ2v) is 19.9. The zero-order valence-electron chi connectivity index (χ0n) is 38.8. The van der Waals surface area contributed by atoms with Crippen LogP contribution in [0.25, 0.3) is 0 Å². The standard InChI is InChI=1S/C48H99N2O6P/c1-6-8-10-11-12-13-14-15-16-17-18-19-20-21-22-23-24-25-26-27-28-29-30-31-32-33-34-35-36-37-38-40-41-47(51)46(49-48(52)42-39-9-7-2)45-56-57(53,54)55-44-43-50(3,4)5/h46-47,51H,6-45H2,1-5H3,(H-,49,52,53,54). The summed E-state index contributed by atoms with van der Waals surface area (Å²) in [6.45, 7) is 4.57. The molecule has 0 saturated carbocycles. The van der Waals surface area contributed by atoms with Crippen LogP contribution in [0.5, 0.6) is 0 Å². The van der Waals surface area contributed by atoms with Crippen molar-refractivity contribution in [3.63, 3.8) is 0 Å². The number of carbonyl (C=O) groups excluding carboxylic acids is 1. The Morgan fingerprint density at radius 3 is 1.19 bits per heavy atom. The number of aliphatic hydroxyl groups excluding tert-OH is 1. The number of aliphatic hydroxyl groups is 1. The molecule has 0 fully saturated rings. The van der Waals surface area contributed by atoms with E-state index in [2.05, 4.69) is 19.2 Å². The summed E-state index contributed by atoms with van der Waals surface area (Å²) in [6, 6.07) is -0.790. The number of nitrogens with one attached hydrogen (secondary N) is 1. The first-order chi connectivity index (χ1) is 27.5. The van der Waals surface area contributed by atoms with Gasteiger partial charge in [0.2, 0.25) is 5.91 Å². The van der Waals surface area contributed by atoms with E-state index in [1.54, 1.807) is 0 Å². The second-order valence-electron chi connectivity index (χ2n) is 18.5. The fourth-order valence-electron chi connectivity index (χ4n) is 7.63. The van der Waals surface area contributed by atoms with E-state index >= 15 is 0 Å². The largest absolute Gasteiger partial charge is 0.756 e. The molecule has 3 unspecified atom stereocenters. The quantitative estimate of drug-likeness (QED) is 0.0359. The van der Waals surface area contributed by atoms with Crippen molar-refractivity contribution in [1.29, 1.82) is 0 Å². The van der Waals surface area contributed by atoms with Crippen molar-refractivity contribution in [2.45, 2.75) is 264 Å². The van der Waals surface area contributed by atoms with Gasteiger partial charge in [0.05, 0.1) is 39.9 Å². The van der Waals surface area contributed by atoms with E-state index in [0.717, 1.165) is 38.5 Å². The van der Waals surface area contributed by atoms with Gasteiger partial charge < -0.3 is 28.8 Å². The molecule has 0 heterocycles. The number of amides is 1. The molecule has 0 aromatic rings. The molecular weight excluding hydrogens is 732 g/mol. The summed E-state index contributed by atoms with van der Waals surface area (Å²) in [7, 11) is 1.31. The molecule has 3 atom stereocenters. The first-order valence-electron chi connectivity index (χ1n) is 24.9. The highest BCUT2D eigenvalue weighted by Crippen LogP contribution is 2.38. The Morgan fingerprint density at radius 2 is 0.860 bits per heavy atom. The van der Waals surface area contributed by atoms with E-state index in [-0.39, 0.29) is 19.1 Å². The van der Waals surface area contributed by atoms with Crippen molar-refractivity contribution in [2.75, 3.05) is 40.9 Å². The van der Waals surface area contributed by atoms with Crippen molar-refractivity contribution in [3.05, 3.63) is 0 Å². The van der Waals surface area contributed by atoms with Crippen LogP contribution in [0.15, 0.2) is 0 Å². The number of hydrogen-bond donors (Lipinski definition) is 2. The second kappa shape index (κ2) is 40.9. The van der Waals surface area contributed by atoms with Gasteiger partial charge in [0.15, 0.2) is 0 Å². The molecule has 1 amide bonds. The number of nitrogens with zero attached hydrogens (tertiary/aromatic N) is 1. The molecule has 0 aromatic heterocycles. The van der Waals surface area contributed by atoms with Gasteiger partial charge in [-0.2, -0.15) is 0 Å². The number of phosphoric acid groups is 1. The van der Waals surface area contributed by atoms with Crippen LogP contribution < -0.4 is 10.2 Å². The van der Waals surface area contributed by atoms with Crippen LogP contribution in [0.2, 0.25) is 0 Å². The van der Waals surface area contributed by atoms with Gasteiger partial charge >= 0.3 is 0 Å². The highest BCUT2D eigenvalue weighted by Gasteiger charge is 2.24. The molecule has 0 radical (unpaired) electrons. The number of likely N-dealkylation sites (N-methyl/N-ethyl adjacent to an activating group) is 1. The minimum Gasteiger partial charge on any atom is -0.756 e. The Bertz CT molecular complexity index is 901. The summed E-state index contributed by atoms with van der Waals surface area (Å²) in [5.74, 6) is -0.186. The van der Waals surface area contributed by atoms with Gasteiger partial charge in [-0.3, -0.25) is 9.36 Å². The maximum Gasteiger partial charge on any atom is 0.268 e. The topological polar surface area (TPSA) is 108 Å².